The summed E-state index contributed by atoms with van der Waals surface area (Å²) in [7, 11) is 0. The third-order valence-electron chi connectivity index (χ3n) is 3.76. The molecular weight excluding hydrogens is 372 g/mol. The molecule has 2 N–H and O–H groups in total. The van der Waals surface area contributed by atoms with Gasteiger partial charge in [0.05, 0.1) is 11.4 Å². The lowest BCUT2D eigenvalue weighted by Crippen LogP contribution is -2.34. The minimum absolute atomic E-state index is 0.159. The average Bonchev–Trinajstić information content (AvgIpc) is 3.10. The molecule has 9 heteroatoms. The van der Waals surface area contributed by atoms with Gasteiger partial charge in [0.1, 0.15) is 21.9 Å². The van der Waals surface area contributed by atoms with E-state index in [2.05, 4.69) is 20.6 Å². The Balaban J connectivity index is 1.42. The van der Waals surface area contributed by atoms with E-state index < -0.39 is 6.10 Å². The van der Waals surface area contributed by atoms with Crippen LogP contribution in [0.4, 0.5) is 11.4 Å². The quantitative estimate of drug-likeness (QED) is 0.529. The number of aromatic nitrogens is 2. The molecule has 2 amide bonds. The number of nitrogens with one attached hydrogen (secondary N) is 2. The summed E-state index contributed by atoms with van der Waals surface area (Å²) < 4.78 is 5.50. The van der Waals surface area contributed by atoms with Gasteiger partial charge < -0.3 is 15.4 Å². The van der Waals surface area contributed by atoms with Crippen molar-refractivity contribution in [1.82, 2.24) is 9.97 Å². The van der Waals surface area contributed by atoms with E-state index in [0.717, 1.165) is 15.2 Å². The van der Waals surface area contributed by atoms with Crippen molar-refractivity contribution >= 4 is 56.5 Å². The molecule has 0 bridgehead atoms. The van der Waals surface area contributed by atoms with E-state index in [0.29, 0.717) is 17.1 Å². The molecule has 0 saturated heterocycles. The maximum Gasteiger partial charge on any atom is 0.265 e. The van der Waals surface area contributed by atoms with Gasteiger partial charge in [-0.1, -0.05) is 11.8 Å². The van der Waals surface area contributed by atoms with E-state index in [9.17, 15) is 9.59 Å². The number of carbonyl (C=O) groups is 2. The van der Waals surface area contributed by atoms with Crippen LogP contribution < -0.4 is 15.4 Å². The smallest absolute Gasteiger partial charge is 0.265 e. The number of nitrogens with zero attached hydrogens (tertiary/aromatic N) is 2. The highest BCUT2D eigenvalue weighted by Crippen LogP contribution is 2.32. The van der Waals surface area contributed by atoms with E-state index in [1.54, 1.807) is 36.5 Å². The minimum atomic E-state index is -0.527. The van der Waals surface area contributed by atoms with Crippen molar-refractivity contribution in [2.75, 3.05) is 16.4 Å². The van der Waals surface area contributed by atoms with Gasteiger partial charge in [0, 0.05) is 11.1 Å². The van der Waals surface area contributed by atoms with Gasteiger partial charge in [-0.25, -0.2) is 9.97 Å². The van der Waals surface area contributed by atoms with Crippen LogP contribution in [-0.4, -0.2) is 33.6 Å². The molecule has 0 spiro atoms. The number of thioether (sulfide) groups is 1. The summed E-state index contributed by atoms with van der Waals surface area (Å²) in [5.41, 5.74) is 1.14. The van der Waals surface area contributed by atoms with E-state index in [1.807, 2.05) is 11.4 Å². The molecule has 3 heterocycles. The maximum atomic E-state index is 12.3. The molecule has 1 aliphatic heterocycles. The van der Waals surface area contributed by atoms with Gasteiger partial charge in [0.2, 0.25) is 5.91 Å². The summed E-state index contributed by atoms with van der Waals surface area (Å²) in [6, 6.07) is 7.11. The minimum Gasteiger partial charge on any atom is -0.479 e. The molecule has 132 valence electrons. The maximum absolute atomic E-state index is 12.3. The molecule has 0 fully saturated rings. The summed E-state index contributed by atoms with van der Waals surface area (Å²) in [6.45, 7) is 1.68. The summed E-state index contributed by atoms with van der Waals surface area (Å²) in [5, 5.41) is 9.28. The van der Waals surface area contributed by atoms with Gasteiger partial charge in [0.25, 0.3) is 5.91 Å². The molecule has 4 rings (SSSR count). The molecule has 26 heavy (non-hydrogen) atoms. The second-order valence-corrected chi connectivity index (χ2v) is 7.47. The first-order chi connectivity index (χ1) is 12.6. The molecule has 0 radical (unpaired) electrons. The number of anilines is 2. The Labute approximate surface area is 157 Å². The van der Waals surface area contributed by atoms with Crippen LogP contribution in [0.5, 0.6) is 5.75 Å². The number of carbonyl (C=O) groups excluding carboxylic acids is 2. The van der Waals surface area contributed by atoms with E-state index in [1.165, 1.54) is 18.1 Å². The van der Waals surface area contributed by atoms with Crippen molar-refractivity contribution in [3.63, 3.8) is 0 Å². The molecule has 1 aromatic carbocycles. The van der Waals surface area contributed by atoms with Gasteiger partial charge in [-0.15, -0.1) is 11.3 Å². The lowest BCUT2D eigenvalue weighted by Gasteiger charge is -2.23. The Morgan fingerprint density at radius 2 is 2.27 bits per heavy atom. The van der Waals surface area contributed by atoms with Gasteiger partial charge in [0.15, 0.2) is 6.10 Å². The van der Waals surface area contributed by atoms with Crippen LogP contribution in [-0.2, 0) is 9.59 Å². The number of amides is 2. The van der Waals surface area contributed by atoms with Crippen molar-refractivity contribution in [3.8, 4) is 5.75 Å². The molecule has 0 unspecified atom stereocenters. The van der Waals surface area contributed by atoms with Crippen LogP contribution in [0.1, 0.15) is 6.92 Å². The molecule has 7 nitrogen and oxygen atoms in total. The monoisotopic (exact) mass is 386 g/mol. The average molecular weight is 386 g/mol. The van der Waals surface area contributed by atoms with Crippen molar-refractivity contribution in [2.45, 2.75) is 18.1 Å². The van der Waals surface area contributed by atoms with Crippen LogP contribution in [0.2, 0.25) is 0 Å². The van der Waals surface area contributed by atoms with Crippen LogP contribution in [0.15, 0.2) is 41.0 Å². The van der Waals surface area contributed by atoms with Crippen molar-refractivity contribution in [1.29, 1.82) is 0 Å². The Morgan fingerprint density at radius 1 is 1.38 bits per heavy atom. The largest absolute Gasteiger partial charge is 0.479 e. The van der Waals surface area contributed by atoms with Crippen molar-refractivity contribution in [3.05, 3.63) is 36.0 Å². The van der Waals surface area contributed by atoms with Crippen LogP contribution in [0.25, 0.3) is 10.2 Å². The molecule has 0 saturated carbocycles. The fourth-order valence-electron chi connectivity index (χ4n) is 2.50. The lowest BCUT2D eigenvalue weighted by molar-refractivity contribution is -0.122. The first kappa shape index (κ1) is 16.8. The Kier molecular flexibility index (Phi) is 4.48. The number of ether oxygens (including phenoxy) is 1. The summed E-state index contributed by atoms with van der Waals surface area (Å²) in [6.07, 6.45) is 0.979. The third-order valence-corrected chi connectivity index (χ3v) is 5.59. The summed E-state index contributed by atoms with van der Waals surface area (Å²) in [5.74, 6) is 0.442. The van der Waals surface area contributed by atoms with Crippen LogP contribution in [0.3, 0.4) is 0 Å². The Bertz CT molecular complexity index is 1000. The molecule has 0 aliphatic carbocycles. The molecule has 1 atom stereocenters. The predicted molar refractivity (Wildman–Crippen MR) is 102 cm³/mol. The first-order valence-corrected chi connectivity index (χ1v) is 9.69. The second kappa shape index (κ2) is 6.93. The first-order valence-electron chi connectivity index (χ1n) is 7.82. The number of hydrogen-bond donors (Lipinski definition) is 2. The highest BCUT2D eigenvalue weighted by molar-refractivity contribution is 8.00. The number of fused-ring (bicyclic) bond motifs is 2. The van der Waals surface area contributed by atoms with E-state index >= 15 is 0 Å². The molecule has 2 aromatic heterocycles. The van der Waals surface area contributed by atoms with Crippen LogP contribution in [0, 0.1) is 0 Å². The van der Waals surface area contributed by atoms with Crippen molar-refractivity contribution in [2.24, 2.45) is 0 Å². The SMILES string of the molecule is C[C@@H]1Oc2ccc(NC(=O)CSc3ncnc4sccc34)cc2NC1=O. The second-order valence-electron chi connectivity index (χ2n) is 5.62. The lowest BCUT2D eigenvalue weighted by atomic mass is 10.2. The molecule has 1 aliphatic rings. The van der Waals surface area contributed by atoms with Gasteiger partial charge in [-0.3, -0.25) is 9.59 Å². The van der Waals surface area contributed by atoms with Gasteiger partial charge >= 0.3 is 0 Å². The van der Waals surface area contributed by atoms with Crippen LogP contribution >= 0.6 is 23.1 Å². The molecule has 3 aromatic rings. The summed E-state index contributed by atoms with van der Waals surface area (Å²) >= 11 is 2.90. The zero-order valence-electron chi connectivity index (χ0n) is 13.7. The zero-order chi connectivity index (χ0) is 18.1. The highest BCUT2D eigenvalue weighted by atomic mass is 32.2. The third kappa shape index (κ3) is 3.35. The predicted octanol–water partition coefficient (Wildman–Crippen LogP) is 3.14. The highest BCUT2D eigenvalue weighted by Gasteiger charge is 2.23. The number of benzene rings is 1. The Hall–Kier alpha value is -2.65. The number of rotatable bonds is 4. The van der Waals surface area contributed by atoms with Crippen molar-refractivity contribution < 1.29 is 14.3 Å². The Morgan fingerprint density at radius 3 is 3.15 bits per heavy atom. The van der Waals surface area contributed by atoms with E-state index in [4.69, 9.17) is 4.74 Å². The number of thiophene rings is 1. The van der Waals surface area contributed by atoms with Gasteiger partial charge in [-0.2, -0.15) is 0 Å². The fraction of sp³-hybridized carbons (Fsp3) is 0.176. The fourth-order valence-corrected chi connectivity index (χ4v) is 4.08. The normalized spacial score (nSPS) is 15.9. The zero-order valence-corrected chi connectivity index (χ0v) is 15.3. The van der Waals surface area contributed by atoms with E-state index in [-0.39, 0.29) is 17.6 Å². The standard InChI is InChI=1S/C17H14N4O3S2/c1-9-15(23)21-12-6-10(2-3-13(12)24-9)20-14(22)7-26-17-11-4-5-25-16(11)18-8-19-17/h2-6,8-9H,7H2,1H3,(H,20,22)(H,21,23)/t9-/m0/s1. The summed E-state index contributed by atoms with van der Waals surface area (Å²) in [4.78, 5) is 33.3. The topological polar surface area (TPSA) is 93.2 Å². The molecular formula is C17H14N4O3S2. The van der Waals surface area contributed by atoms with Gasteiger partial charge in [-0.05, 0) is 36.6 Å². The number of hydrogen-bond acceptors (Lipinski definition) is 7.